The maximum atomic E-state index is 13.4. The van der Waals surface area contributed by atoms with Gasteiger partial charge in [-0.05, 0) is 55.0 Å². The van der Waals surface area contributed by atoms with Crippen LogP contribution in [-0.2, 0) is 16.1 Å². The van der Waals surface area contributed by atoms with Crippen molar-refractivity contribution in [3.63, 3.8) is 0 Å². The fourth-order valence-corrected chi connectivity index (χ4v) is 4.09. The maximum absolute atomic E-state index is 13.4. The van der Waals surface area contributed by atoms with Crippen molar-refractivity contribution in [1.82, 2.24) is 19.7 Å². The molecule has 0 N–H and O–H groups in total. The predicted molar refractivity (Wildman–Crippen MR) is 114 cm³/mol. The van der Waals surface area contributed by atoms with Crippen molar-refractivity contribution in [2.45, 2.75) is 32.0 Å². The van der Waals surface area contributed by atoms with Crippen LogP contribution in [0.15, 0.2) is 53.5 Å². The van der Waals surface area contributed by atoms with Crippen molar-refractivity contribution in [1.29, 1.82) is 0 Å². The zero-order valence-electron chi connectivity index (χ0n) is 17.4. The van der Waals surface area contributed by atoms with Gasteiger partial charge in [0, 0.05) is 24.6 Å². The second-order valence-corrected chi connectivity index (χ2v) is 7.93. The monoisotopic (exact) mass is 437 g/mol. The van der Waals surface area contributed by atoms with E-state index in [-0.39, 0.29) is 36.2 Å². The number of carbonyl (C=O) groups is 1. The Kier molecular flexibility index (Phi) is 5.16. The lowest BCUT2D eigenvalue weighted by Crippen LogP contribution is -2.48. The number of aliphatic imine (C=N–C) groups is 1. The number of aromatic nitrogens is 3. The van der Waals surface area contributed by atoms with Crippen molar-refractivity contribution in [3.8, 4) is 22.8 Å². The molecule has 0 aliphatic carbocycles. The summed E-state index contributed by atoms with van der Waals surface area (Å²) in [6.07, 6.45) is 0.631. The number of likely N-dealkylation sites (tertiary alicyclic amines) is 1. The topological polar surface area (TPSA) is 72.6 Å². The molecular weight excluding hydrogens is 416 g/mol. The normalized spacial score (nSPS) is 20.0. The summed E-state index contributed by atoms with van der Waals surface area (Å²) in [6.45, 7) is 2.85. The number of piperidine rings is 1. The minimum Gasteiger partial charge on any atom is -0.474 e. The van der Waals surface area contributed by atoms with Crippen LogP contribution in [0.25, 0.3) is 22.8 Å². The van der Waals surface area contributed by atoms with Crippen LogP contribution >= 0.6 is 0 Å². The lowest BCUT2D eigenvalue weighted by Gasteiger charge is -2.33. The van der Waals surface area contributed by atoms with Crippen molar-refractivity contribution >= 4 is 11.8 Å². The number of ether oxygens (including phenoxy) is 1. The minimum absolute atomic E-state index is 0.0296. The molecular formula is C23H21F2N5O2. The fourth-order valence-electron chi connectivity index (χ4n) is 4.09. The lowest BCUT2D eigenvalue weighted by molar-refractivity contribution is -0.134. The third kappa shape index (κ3) is 3.98. The van der Waals surface area contributed by atoms with Gasteiger partial charge in [-0.15, -0.1) is 5.10 Å². The molecule has 7 nitrogen and oxygen atoms in total. The number of hydrogen-bond donors (Lipinski definition) is 0. The minimum atomic E-state index is -0.369. The molecule has 2 atom stereocenters. The Labute approximate surface area is 183 Å². The molecule has 2 aliphatic heterocycles. The van der Waals surface area contributed by atoms with Crippen LogP contribution in [0.1, 0.15) is 13.3 Å². The smallest absolute Gasteiger partial charge is 0.244 e. The number of amides is 1. The van der Waals surface area contributed by atoms with Gasteiger partial charge in [-0.25, -0.2) is 23.4 Å². The van der Waals surface area contributed by atoms with E-state index in [1.54, 1.807) is 29.2 Å². The van der Waals surface area contributed by atoms with Crippen LogP contribution in [-0.4, -0.2) is 56.7 Å². The third-order valence-electron chi connectivity index (χ3n) is 5.71. The first-order valence-electron chi connectivity index (χ1n) is 10.4. The summed E-state index contributed by atoms with van der Waals surface area (Å²) in [5, 5.41) is 4.51. The molecule has 1 fully saturated rings. The number of rotatable bonds is 4. The summed E-state index contributed by atoms with van der Waals surface area (Å²) in [5.74, 6) is 0.608. The molecule has 1 saturated heterocycles. The number of halogens is 2. The van der Waals surface area contributed by atoms with Crippen LogP contribution in [0.3, 0.4) is 0 Å². The summed E-state index contributed by atoms with van der Waals surface area (Å²) in [5.41, 5.74) is 1.25. The van der Waals surface area contributed by atoms with Crippen molar-refractivity contribution in [3.05, 3.63) is 60.2 Å². The van der Waals surface area contributed by atoms with E-state index in [0.717, 1.165) is 6.42 Å². The number of fused-ring (bicyclic) bond motifs is 1. The summed E-state index contributed by atoms with van der Waals surface area (Å²) in [7, 11) is 0. The Morgan fingerprint density at radius 1 is 1.06 bits per heavy atom. The number of benzene rings is 2. The van der Waals surface area contributed by atoms with Crippen molar-refractivity contribution in [2.24, 2.45) is 4.99 Å². The molecule has 2 unspecified atom stereocenters. The molecule has 0 spiro atoms. The van der Waals surface area contributed by atoms with Crippen LogP contribution in [0.2, 0.25) is 0 Å². The second kappa shape index (κ2) is 8.14. The van der Waals surface area contributed by atoms with E-state index in [1.807, 2.05) is 6.92 Å². The van der Waals surface area contributed by atoms with Crippen LogP contribution in [0, 0.1) is 11.6 Å². The molecule has 9 heteroatoms. The molecule has 32 heavy (non-hydrogen) atoms. The summed E-state index contributed by atoms with van der Waals surface area (Å²) in [6, 6.07) is 11.8. The van der Waals surface area contributed by atoms with Crippen molar-refractivity contribution in [2.75, 3.05) is 13.1 Å². The highest BCUT2D eigenvalue weighted by atomic mass is 19.1. The SMILES string of the molecule is CC1=NC2CCN(C(=O)Cn3nc(-c4ccc(F)cc4)nc3-c3ccc(F)cc3)CC2O1. The Morgan fingerprint density at radius 3 is 2.41 bits per heavy atom. The van der Waals surface area contributed by atoms with Gasteiger partial charge in [0.15, 0.2) is 17.5 Å². The van der Waals surface area contributed by atoms with E-state index in [1.165, 1.54) is 28.9 Å². The lowest BCUT2D eigenvalue weighted by atomic mass is 10.0. The average molecular weight is 437 g/mol. The second-order valence-electron chi connectivity index (χ2n) is 7.93. The first kappa shape index (κ1) is 20.3. The summed E-state index contributed by atoms with van der Waals surface area (Å²) >= 11 is 0. The van der Waals surface area contributed by atoms with Crippen LogP contribution < -0.4 is 0 Å². The molecule has 3 heterocycles. The van der Waals surface area contributed by atoms with Crippen LogP contribution in [0.4, 0.5) is 8.78 Å². The molecule has 0 bridgehead atoms. The quantitative estimate of drug-likeness (QED) is 0.628. The summed E-state index contributed by atoms with van der Waals surface area (Å²) < 4.78 is 34.0. The van der Waals surface area contributed by atoms with Gasteiger partial charge in [-0.2, -0.15) is 0 Å². The zero-order valence-corrected chi connectivity index (χ0v) is 17.4. The fraction of sp³-hybridized carbons (Fsp3) is 0.304. The number of nitrogens with zero attached hydrogens (tertiary/aromatic N) is 5. The largest absolute Gasteiger partial charge is 0.474 e. The number of carbonyl (C=O) groups excluding carboxylic acids is 1. The highest BCUT2D eigenvalue weighted by Gasteiger charge is 2.36. The first-order valence-corrected chi connectivity index (χ1v) is 10.4. The average Bonchev–Trinajstić information content (AvgIpc) is 3.36. The van der Waals surface area contributed by atoms with Gasteiger partial charge in [0.25, 0.3) is 0 Å². The van der Waals surface area contributed by atoms with Gasteiger partial charge in [0.05, 0.1) is 12.6 Å². The zero-order chi connectivity index (χ0) is 22.2. The molecule has 1 amide bonds. The predicted octanol–water partition coefficient (Wildman–Crippen LogP) is 3.31. The Morgan fingerprint density at radius 2 is 1.72 bits per heavy atom. The van der Waals surface area contributed by atoms with Crippen molar-refractivity contribution < 1.29 is 18.3 Å². The Balaban J connectivity index is 1.42. The van der Waals surface area contributed by atoms with Gasteiger partial charge >= 0.3 is 0 Å². The molecule has 2 aromatic carbocycles. The third-order valence-corrected chi connectivity index (χ3v) is 5.71. The van der Waals surface area contributed by atoms with Gasteiger partial charge in [0.2, 0.25) is 5.91 Å². The molecule has 0 radical (unpaired) electrons. The van der Waals surface area contributed by atoms with E-state index in [9.17, 15) is 13.6 Å². The van der Waals surface area contributed by atoms with Crippen LogP contribution in [0.5, 0.6) is 0 Å². The Hall–Kier alpha value is -3.62. The standard InChI is InChI=1S/C23H21F2N5O2/c1-14-26-19-10-11-29(12-20(19)32-14)21(31)13-30-23(16-4-8-18(25)9-5-16)27-22(28-30)15-2-6-17(24)7-3-15/h2-9,19-20H,10-13H2,1H3. The van der Waals surface area contributed by atoms with E-state index < -0.39 is 0 Å². The molecule has 164 valence electrons. The molecule has 1 aromatic heterocycles. The van der Waals surface area contributed by atoms with Gasteiger partial charge in [-0.3, -0.25) is 4.79 Å². The van der Waals surface area contributed by atoms with E-state index in [2.05, 4.69) is 15.1 Å². The van der Waals surface area contributed by atoms with Gasteiger partial charge in [0.1, 0.15) is 24.3 Å². The molecule has 0 saturated carbocycles. The summed E-state index contributed by atoms with van der Waals surface area (Å²) in [4.78, 5) is 23.9. The van der Waals surface area contributed by atoms with E-state index >= 15 is 0 Å². The highest BCUT2D eigenvalue weighted by molar-refractivity contribution is 5.78. The highest BCUT2D eigenvalue weighted by Crippen LogP contribution is 2.25. The Bertz CT molecular complexity index is 1170. The molecule has 3 aromatic rings. The molecule has 2 aliphatic rings. The van der Waals surface area contributed by atoms with Gasteiger partial charge < -0.3 is 9.64 Å². The number of hydrogen-bond acceptors (Lipinski definition) is 5. The molecule has 5 rings (SSSR count). The van der Waals surface area contributed by atoms with Gasteiger partial charge in [-0.1, -0.05) is 0 Å². The maximum Gasteiger partial charge on any atom is 0.244 e. The van der Waals surface area contributed by atoms with E-state index in [0.29, 0.717) is 41.8 Å². The van der Waals surface area contributed by atoms with E-state index in [4.69, 9.17) is 4.74 Å². The first-order chi connectivity index (χ1) is 15.5.